The number of hydrogen-bond acceptors (Lipinski definition) is 5. The maximum atomic E-state index is 13.9. The molecule has 1 aromatic heterocycles. The van der Waals surface area contributed by atoms with E-state index in [1.165, 1.54) is 4.90 Å². The summed E-state index contributed by atoms with van der Waals surface area (Å²) in [6.45, 7) is 1.59. The third-order valence-electron chi connectivity index (χ3n) is 5.05. The van der Waals surface area contributed by atoms with Crippen molar-refractivity contribution in [3.05, 3.63) is 47.0 Å². The van der Waals surface area contributed by atoms with Crippen molar-refractivity contribution in [1.82, 2.24) is 24.6 Å². The molecule has 4 rings (SSSR count). The van der Waals surface area contributed by atoms with Gasteiger partial charge in [0.25, 0.3) is 5.91 Å². The predicted molar refractivity (Wildman–Crippen MR) is 87.1 cm³/mol. The first kappa shape index (κ1) is 17.0. The second-order valence-corrected chi connectivity index (χ2v) is 6.82. The molecule has 3 heterocycles. The highest BCUT2D eigenvalue weighted by Crippen LogP contribution is 2.31. The van der Waals surface area contributed by atoms with Crippen molar-refractivity contribution in [3.8, 4) is 0 Å². The summed E-state index contributed by atoms with van der Waals surface area (Å²) in [5, 5.41) is 18.3. The van der Waals surface area contributed by atoms with Crippen molar-refractivity contribution in [1.29, 1.82) is 0 Å². The van der Waals surface area contributed by atoms with E-state index >= 15 is 0 Å². The molecule has 2 aliphatic heterocycles. The van der Waals surface area contributed by atoms with Gasteiger partial charge in [0.05, 0.1) is 24.3 Å². The van der Waals surface area contributed by atoms with Crippen LogP contribution in [0.15, 0.2) is 18.2 Å². The first-order valence-corrected chi connectivity index (χ1v) is 8.48. The normalized spacial score (nSPS) is 23.3. The van der Waals surface area contributed by atoms with Crippen molar-refractivity contribution in [2.75, 3.05) is 20.1 Å². The zero-order chi connectivity index (χ0) is 18.4. The molecule has 1 fully saturated rings. The van der Waals surface area contributed by atoms with Gasteiger partial charge in [-0.1, -0.05) is 0 Å². The molecule has 0 spiro atoms. The highest BCUT2D eigenvalue weighted by Gasteiger charge is 2.35. The molecular weight excluding hydrogens is 344 g/mol. The Kier molecular flexibility index (Phi) is 4.20. The van der Waals surface area contributed by atoms with E-state index in [9.17, 15) is 18.7 Å². The molecule has 2 aromatic rings. The van der Waals surface area contributed by atoms with Gasteiger partial charge < -0.3 is 14.6 Å². The molecule has 1 N–H and O–H groups in total. The topological polar surface area (TPSA) is 74.5 Å². The van der Waals surface area contributed by atoms with E-state index in [4.69, 9.17) is 0 Å². The number of amides is 1. The van der Waals surface area contributed by atoms with Crippen LogP contribution in [0.2, 0.25) is 0 Å². The number of carbonyl (C=O) groups is 1. The lowest BCUT2D eigenvalue weighted by atomic mass is 10.1. The molecule has 7 nitrogen and oxygen atoms in total. The number of carbonyl (C=O) groups excluding carboxylic acids is 1. The van der Waals surface area contributed by atoms with E-state index in [0.717, 1.165) is 24.0 Å². The van der Waals surface area contributed by atoms with Crippen LogP contribution in [0.4, 0.5) is 8.78 Å². The number of aliphatic hydroxyl groups excluding tert-OH is 1. The number of fused-ring (bicyclic) bond motifs is 1. The van der Waals surface area contributed by atoms with Gasteiger partial charge >= 0.3 is 0 Å². The van der Waals surface area contributed by atoms with Crippen LogP contribution >= 0.6 is 0 Å². The molecule has 0 unspecified atom stereocenters. The van der Waals surface area contributed by atoms with Crippen molar-refractivity contribution in [2.45, 2.75) is 31.7 Å². The largest absolute Gasteiger partial charge is 0.392 e. The molecule has 26 heavy (non-hydrogen) atoms. The Morgan fingerprint density at radius 1 is 1.27 bits per heavy atom. The number of likely N-dealkylation sites (N-methyl/N-ethyl adjacent to an activating group) is 1. The van der Waals surface area contributed by atoms with Crippen molar-refractivity contribution >= 4 is 5.91 Å². The number of aromatic nitrogens is 3. The summed E-state index contributed by atoms with van der Waals surface area (Å²) < 4.78 is 29.2. The van der Waals surface area contributed by atoms with Crippen LogP contribution in [0, 0.1) is 11.6 Å². The zero-order valence-electron chi connectivity index (χ0n) is 14.3. The molecule has 0 saturated carbocycles. The molecule has 2 aliphatic rings. The number of rotatable bonds is 2. The van der Waals surface area contributed by atoms with Crippen molar-refractivity contribution in [3.63, 3.8) is 0 Å². The maximum Gasteiger partial charge on any atom is 0.257 e. The molecule has 2 atom stereocenters. The maximum absolute atomic E-state index is 13.9. The zero-order valence-corrected chi connectivity index (χ0v) is 14.3. The second kappa shape index (κ2) is 6.40. The minimum atomic E-state index is -0.745. The first-order chi connectivity index (χ1) is 12.4. The minimum Gasteiger partial charge on any atom is -0.392 e. The smallest absolute Gasteiger partial charge is 0.257 e. The Labute approximate surface area is 148 Å². The van der Waals surface area contributed by atoms with Gasteiger partial charge in [-0.25, -0.2) is 8.78 Å². The Balaban J connectivity index is 1.56. The number of benzene rings is 1. The summed E-state index contributed by atoms with van der Waals surface area (Å²) in [5.74, 6) is -0.591. The average molecular weight is 363 g/mol. The summed E-state index contributed by atoms with van der Waals surface area (Å²) in [5.41, 5.74) is -0.281. The Morgan fingerprint density at radius 3 is 2.81 bits per heavy atom. The number of nitrogens with zero attached hydrogens (tertiary/aromatic N) is 5. The summed E-state index contributed by atoms with van der Waals surface area (Å²) in [7, 11) is 1.92. The fourth-order valence-corrected chi connectivity index (χ4v) is 3.71. The number of halogens is 2. The van der Waals surface area contributed by atoms with E-state index in [1.807, 2.05) is 16.5 Å². The van der Waals surface area contributed by atoms with E-state index in [2.05, 4.69) is 10.2 Å². The van der Waals surface area contributed by atoms with Crippen LogP contribution in [0.1, 0.15) is 34.5 Å². The van der Waals surface area contributed by atoms with Gasteiger partial charge in [0, 0.05) is 19.6 Å². The number of hydrogen-bond donors (Lipinski definition) is 1. The molecule has 0 radical (unpaired) electrons. The third-order valence-corrected chi connectivity index (χ3v) is 5.05. The van der Waals surface area contributed by atoms with Crippen molar-refractivity contribution in [2.24, 2.45) is 0 Å². The molecule has 9 heteroatoms. The lowest BCUT2D eigenvalue weighted by Crippen LogP contribution is -2.39. The van der Waals surface area contributed by atoms with E-state index in [-0.39, 0.29) is 18.2 Å². The molecule has 138 valence electrons. The molecular formula is C17H19F2N5O2. The van der Waals surface area contributed by atoms with Crippen LogP contribution in [0.25, 0.3) is 0 Å². The van der Waals surface area contributed by atoms with Gasteiger partial charge in [-0.15, -0.1) is 10.2 Å². The lowest BCUT2D eigenvalue weighted by Gasteiger charge is -2.29. The molecule has 1 saturated heterocycles. The van der Waals surface area contributed by atoms with E-state index in [0.29, 0.717) is 31.9 Å². The standard InChI is InChI=1S/C17H19F2N5O2/c1-22-8-11(25)7-14(22)16-21-20-15-9-23(4-5-24(15)16)17(26)12-6-10(18)2-3-13(12)19/h2-3,6,11,14,25H,4-5,7-9H2,1H3/t11-,14+/m1/s1. The fourth-order valence-electron chi connectivity index (χ4n) is 3.71. The predicted octanol–water partition coefficient (Wildman–Crippen LogP) is 0.950. The third kappa shape index (κ3) is 2.86. The van der Waals surface area contributed by atoms with Crippen LogP contribution in [-0.4, -0.2) is 61.8 Å². The summed E-state index contributed by atoms with van der Waals surface area (Å²) >= 11 is 0. The fraction of sp³-hybridized carbons (Fsp3) is 0.471. The first-order valence-electron chi connectivity index (χ1n) is 8.48. The molecule has 1 aromatic carbocycles. The van der Waals surface area contributed by atoms with Crippen LogP contribution < -0.4 is 0 Å². The Morgan fingerprint density at radius 2 is 2.08 bits per heavy atom. The number of β-amino-alcohol motifs (C(OH)–C–C–N with tert-alkyl or cyclic N) is 1. The molecule has 0 aliphatic carbocycles. The second-order valence-electron chi connectivity index (χ2n) is 6.82. The minimum absolute atomic E-state index is 0.0193. The Hall–Kier alpha value is -2.39. The van der Waals surface area contributed by atoms with E-state index < -0.39 is 23.6 Å². The molecule has 0 bridgehead atoms. The van der Waals surface area contributed by atoms with Crippen LogP contribution in [0.3, 0.4) is 0 Å². The number of aliphatic hydroxyl groups is 1. The van der Waals surface area contributed by atoms with Gasteiger partial charge in [-0.05, 0) is 31.7 Å². The van der Waals surface area contributed by atoms with Gasteiger partial charge in [0.1, 0.15) is 11.6 Å². The van der Waals surface area contributed by atoms with Gasteiger partial charge in [-0.2, -0.15) is 0 Å². The summed E-state index contributed by atoms with van der Waals surface area (Å²) in [4.78, 5) is 16.0. The van der Waals surface area contributed by atoms with Gasteiger partial charge in [0.15, 0.2) is 11.6 Å². The van der Waals surface area contributed by atoms with Gasteiger partial charge in [0.2, 0.25) is 0 Å². The van der Waals surface area contributed by atoms with Crippen LogP contribution in [0.5, 0.6) is 0 Å². The average Bonchev–Trinajstić information content (AvgIpc) is 3.18. The highest BCUT2D eigenvalue weighted by atomic mass is 19.1. The SMILES string of the molecule is CN1C[C@H](O)C[C@H]1c1nnc2n1CCN(C(=O)c1cc(F)ccc1F)C2. The van der Waals surface area contributed by atoms with E-state index in [1.54, 1.807) is 0 Å². The number of likely N-dealkylation sites (tertiary alicyclic amines) is 1. The monoisotopic (exact) mass is 363 g/mol. The highest BCUT2D eigenvalue weighted by molar-refractivity contribution is 5.94. The lowest BCUT2D eigenvalue weighted by molar-refractivity contribution is 0.0699. The Bertz CT molecular complexity index is 856. The summed E-state index contributed by atoms with van der Waals surface area (Å²) in [6.07, 6.45) is 0.196. The molecule has 1 amide bonds. The quantitative estimate of drug-likeness (QED) is 0.860. The van der Waals surface area contributed by atoms with Crippen molar-refractivity contribution < 1.29 is 18.7 Å². The van der Waals surface area contributed by atoms with Gasteiger partial charge in [-0.3, -0.25) is 9.69 Å². The van der Waals surface area contributed by atoms with Crippen LogP contribution in [-0.2, 0) is 13.1 Å². The summed E-state index contributed by atoms with van der Waals surface area (Å²) in [6, 6.07) is 2.83.